The van der Waals surface area contributed by atoms with Gasteiger partial charge in [-0.3, -0.25) is 0 Å². The number of rotatable bonds is 6. The van der Waals surface area contributed by atoms with Crippen molar-refractivity contribution in [3.05, 3.63) is 0 Å². The second-order valence-electron chi connectivity index (χ2n) is 3.54. The van der Waals surface area contributed by atoms with E-state index in [4.69, 9.17) is 5.73 Å². The van der Waals surface area contributed by atoms with Crippen LogP contribution in [-0.2, 0) is 7.05 Å². The number of aromatic nitrogens is 4. The van der Waals surface area contributed by atoms with E-state index in [0.29, 0.717) is 11.9 Å². The van der Waals surface area contributed by atoms with Crippen molar-refractivity contribution < 1.29 is 0 Å². The van der Waals surface area contributed by atoms with E-state index in [1.165, 1.54) is 0 Å². The molecule has 1 aromatic rings. The SMILES string of the molecule is CC(CN)CCCNc1nnnn1C. The largest absolute Gasteiger partial charge is 0.353 e. The highest BCUT2D eigenvalue weighted by Gasteiger charge is 2.01. The number of nitrogens with two attached hydrogens (primary N) is 1. The number of aryl methyl sites for hydroxylation is 1. The fourth-order valence-electron chi connectivity index (χ4n) is 1.15. The van der Waals surface area contributed by atoms with E-state index in [0.717, 1.165) is 25.9 Å². The minimum Gasteiger partial charge on any atom is -0.353 e. The molecule has 1 aromatic heterocycles. The lowest BCUT2D eigenvalue weighted by atomic mass is 10.1. The van der Waals surface area contributed by atoms with Crippen LogP contribution in [-0.4, -0.2) is 33.3 Å². The second kappa shape index (κ2) is 5.54. The first kappa shape index (κ1) is 10.9. The quantitative estimate of drug-likeness (QED) is 0.629. The number of nitrogens with one attached hydrogen (secondary N) is 1. The Morgan fingerprint density at radius 3 is 2.93 bits per heavy atom. The molecule has 0 bridgehead atoms. The van der Waals surface area contributed by atoms with Crippen molar-refractivity contribution in [2.45, 2.75) is 19.8 Å². The third-order valence-electron chi connectivity index (χ3n) is 2.18. The van der Waals surface area contributed by atoms with Crippen molar-refractivity contribution in [1.29, 1.82) is 0 Å². The first-order chi connectivity index (χ1) is 6.74. The van der Waals surface area contributed by atoms with Crippen LogP contribution in [0.25, 0.3) is 0 Å². The van der Waals surface area contributed by atoms with Gasteiger partial charge < -0.3 is 11.1 Å². The third-order valence-corrected chi connectivity index (χ3v) is 2.18. The standard InChI is InChI=1S/C8H18N6/c1-7(6-9)4-3-5-10-8-11-12-13-14(8)2/h7H,3-6,9H2,1-2H3,(H,10,11,13). The van der Waals surface area contributed by atoms with Gasteiger partial charge in [0.1, 0.15) is 0 Å². The van der Waals surface area contributed by atoms with Gasteiger partial charge in [0.05, 0.1) is 0 Å². The van der Waals surface area contributed by atoms with Crippen molar-refractivity contribution in [3.63, 3.8) is 0 Å². The van der Waals surface area contributed by atoms with Gasteiger partial charge in [0, 0.05) is 13.6 Å². The van der Waals surface area contributed by atoms with Crippen LogP contribution in [0, 0.1) is 5.92 Å². The summed E-state index contributed by atoms with van der Waals surface area (Å²) < 4.78 is 1.62. The van der Waals surface area contributed by atoms with Crippen LogP contribution in [0.5, 0.6) is 0 Å². The summed E-state index contributed by atoms with van der Waals surface area (Å²) in [5, 5.41) is 14.2. The van der Waals surface area contributed by atoms with E-state index in [9.17, 15) is 0 Å². The monoisotopic (exact) mass is 198 g/mol. The predicted octanol–water partition coefficient (Wildman–Crippen LogP) is -0.00300. The smallest absolute Gasteiger partial charge is 0.242 e. The lowest BCUT2D eigenvalue weighted by Crippen LogP contribution is -2.13. The molecule has 0 aromatic carbocycles. The average molecular weight is 198 g/mol. The van der Waals surface area contributed by atoms with Crippen LogP contribution in [0.2, 0.25) is 0 Å². The summed E-state index contributed by atoms with van der Waals surface area (Å²) >= 11 is 0. The van der Waals surface area contributed by atoms with Crippen LogP contribution in [0.3, 0.4) is 0 Å². The molecule has 3 N–H and O–H groups in total. The summed E-state index contributed by atoms with van der Waals surface area (Å²) in [5.41, 5.74) is 5.52. The summed E-state index contributed by atoms with van der Waals surface area (Å²) in [6.07, 6.45) is 2.22. The lowest BCUT2D eigenvalue weighted by molar-refractivity contribution is 0.528. The van der Waals surface area contributed by atoms with Crippen molar-refractivity contribution >= 4 is 5.95 Å². The molecule has 6 nitrogen and oxygen atoms in total. The molecule has 1 unspecified atom stereocenters. The summed E-state index contributed by atoms with van der Waals surface area (Å²) in [4.78, 5) is 0. The molecule has 0 spiro atoms. The highest BCUT2D eigenvalue weighted by atomic mass is 15.6. The maximum Gasteiger partial charge on any atom is 0.242 e. The van der Waals surface area contributed by atoms with Gasteiger partial charge in [-0.1, -0.05) is 12.0 Å². The Bertz CT molecular complexity index is 258. The van der Waals surface area contributed by atoms with E-state index in [1.807, 2.05) is 7.05 Å². The molecule has 0 fully saturated rings. The normalized spacial score (nSPS) is 12.8. The Balaban J connectivity index is 2.13. The van der Waals surface area contributed by atoms with Gasteiger partial charge in [-0.15, -0.1) is 0 Å². The van der Waals surface area contributed by atoms with E-state index >= 15 is 0 Å². The van der Waals surface area contributed by atoms with Gasteiger partial charge in [0.25, 0.3) is 0 Å². The van der Waals surface area contributed by atoms with Gasteiger partial charge in [-0.2, -0.15) is 0 Å². The zero-order valence-electron chi connectivity index (χ0n) is 8.77. The van der Waals surface area contributed by atoms with Gasteiger partial charge in [0.2, 0.25) is 5.95 Å². The third kappa shape index (κ3) is 3.29. The molecule has 0 aliphatic carbocycles. The van der Waals surface area contributed by atoms with Crippen molar-refractivity contribution in [1.82, 2.24) is 20.2 Å². The van der Waals surface area contributed by atoms with Crippen LogP contribution in [0.1, 0.15) is 19.8 Å². The Hall–Kier alpha value is -1.17. The van der Waals surface area contributed by atoms with Gasteiger partial charge in [0.15, 0.2) is 0 Å². The fraction of sp³-hybridized carbons (Fsp3) is 0.875. The second-order valence-corrected chi connectivity index (χ2v) is 3.54. The number of nitrogens with zero attached hydrogens (tertiary/aromatic N) is 4. The van der Waals surface area contributed by atoms with E-state index in [-0.39, 0.29) is 0 Å². The summed E-state index contributed by atoms with van der Waals surface area (Å²) in [6, 6.07) is 0. The first-order valence-corrected chi connectivity index (χ1v) is 4.90. The molecule has 6 heteroatoms. The van der Waals surface area contributed by atoms with Crippen molar-refractivity contribution in [2.75, 3.05) is 18.4 Å². The Labute approximate surface area is 83.9 Å². The Kier molecular flexibility index (Phi) is 4.31. The minimum absolute atomic E-state index is 0.592. The molecular weight excluding hydrogens is 180 g/mol. The molecule has 14 heavy (non-hydrogen) atoms. The number of hydrogen-bond acceptors (Lipinski definition) is 5. The minimum atomic E-state index is 0.592. The fourth-order valence-corrected chi connectivity index (χ4v) is 1.15. The zero-order valence-corrected chi connectivity index (χ0v) is 8.77. The number of anilines is 1. The van der Waals surface area contributed by atoms with Crippen LogP contribution in [0.15, 0.2) is 0 Å². The highest BCUT2D eigenvalue weighted by Crippen LogP contribution is 2.03. The summed E-state index contributed by atoms with van der Waals surface area (Å²) in [5.74, 6) is 1.31. The number of hydrogen-bond donors (Lipinski definition) is 2. The molecule has 0 saturated carbocycles. The first-order valence-electron chi connectivity index (χ1n) is 4.90. The van der Waals surface area contributed by atoms with Gasteiger partial charge in [-0.25, -0.2) is 4.68 Å². The molecule has 0 aliphatic heterocycles. The zero-order chi connectivity index (χ0) is 10.4. The topological polar surface area (TPSA) is 81.7 Å². The van der Waals surface area contributed by atoms with Gasteiger partial charge in [-0.05, 0) is 35.7 Å². The maximum atomic E-state index is 5.52. The highest BCUT2D eigenvalue weighted by molar-refractivity contribution is 5.20. The van der Waals surface area contributed by atoms with Crippen LogP contribution in [0.4, 0.5) is 5.95 Å². The Morgan fingerprint density at radius 2 is 2.36 bits per heavy atom. The lowest BCUT2D eigenvalue weighted by Gasteiger charge is -2.08. The average Bonchev–Trinajstić information content (AvgIpc) is 2.58. The Morgan fingerprint density at radius 1 is 1.57 bits per heavy atom. The van der Waals surface area contributed by atoms with Crippen LogP contribution < -0.4 is 11.1 Å². The van der Waals surface area contributed by atoms with E-state index in [1.54, 1.807) is 4.68 Å². The predicted molar refractivity (Wildman–Crippen MR) is 54.7 cm³/mol. The summed E-state index contributed by atoms with van der Waals surface area (Å²) in [6.45, 7) is 3.80. The summed E-state index contributed by atoms with van der Waals surface area (Å²) in [7, 11) is 1.81. The van der Waals surface area contributed by atoms with E-state index in [2.05, 4.69) is 27.8 Å². The molecule has 1 atom stereocenters. The molecule has 0 amide bonds. The molecule has 0 aliphatic rings. The molecular formula is C8H18N6. The maximum absolute atomic E-state index is 5.52. The molecule has 80 valence electrons. The number of tetrazole rings is 1. The van der Waals surface area contributed by atoms with Crippen LogP contribution >= 0.6 is 0 Å². The van der Waals surface area contributed by atoms with Gasteiger partial charge >= 0.3 is 0 Å². The van der Waals surface area contributed by atoms with E-state index < -0.39 is 0 Å². The van der Waals surface area contributed by atoms with Crippen molar-refractivity contribution in [3.8, 4) is 0 Å². The molecule has 1 rings (SSSR count). The molecule has 1 heterocycles. The van der Waals surface area contributed by atoms with Crippen molar-refractivity contribution in [2.24, 2.45) is 18.7 Å². The molecule has 0 radical (unpaired) electrons. The molecule has 0 saturated heterocycles.